The van der Waals surface area contributed by atoms with Gasteiger partial charge in [0.1, 0.15) is 30.0 Å². The van der Waals surface area contributed by atoms with E-state index >= 15 is 0 Å². The van der Waals surface area contributed by atoms with Gasteiger partial charge in [-0.1, -0.05) is 13.8 Å². The van der Waals surface area contributed by atoms with Gasteiger partial charge in [-0.15, -0.1) is 0 Å². The van der Waals surface area contributed by atoms with E-state index in [1.807, 2.05) is 13.8 Å². The zero-order valence-electron chi connectivity index (χ0n) is 15.7. The van der Waals surface area contributed by atoms with Gasteiger partial charge < -0.3 is 14.8 Å². The van der Waals surface area contributed by atoms with E-state index in [1.54, 1.807) is 4.72 Å². The number of nitrogens with one attached hydrogen (secondary N) is 2. The van der Waals surface area contributed by atoms with Gasteiger partial charge in [0.15, 0.2) is 5.82 Å². The summed E-state index contributed by atoms with van der Waals surface area (Å²) in [4.78, 5) is 23.5. The van der Waals surface area contributed by atoms with Crippen LogP contribution in [0.5, 0.6) is 5.75 Å². The maximum absolute atomic E-state index is 14.6. The third-order valence-electron chi connectivity index (χ3n) is 4.27. The number of phenols is 1. The third kappa shape index (κ3) is 4.34. The highest BCUT2D eigenvalue weighted by molar-refractivity contribution is 7.92. The molecule has 1 fully saturated rings. The first-order valence-corrected chi connectivity index (χ1v) is 10.3. The van der Waals surface area contributed by atoms with Gasteiger partial charge in [-0.3, -0.25) is 9.59 Å². The van der Waals surface area contributed by atoms with Crippen LogP contribution in [0.2, 0.25) is 0 Å². The molecule has 1 aliphatic heterocycles. The van der Waals surface area contributed by atoms with Crippen molar-refractivity contribution >= 4 is 27.7 Å². The Morgan fingerprint density at radius 1 is 1.38 bits per heavy atom. The van der Waals surface area contributed by atoms with E-state index in [4.69, 9.17) is 4.42 Å². The second-order valence-corrected chi connectivity index (χ2v) is 8.60. The van der Waals surface area contributed by atoms with Gasteiger partial charge in [0, 0.05) is 12.1 Å². The second kappa shape index (κ2) is 7.74. The van der Waals surface area contributed by atoms with Crippen LogP contribution in [-0.2, 0) is 15.0 Å². The van der Waals surface area contributed by atoms with E-state index in [-0.39, 0.29) is 22.8 Å². The molecule has 3 N–H and O–H groups in total. The van der Waals surface area contributed by atoms with E-state index < -0.39 is 39.9 Å². The molecule has 0 saturated carbocycles. The van der Waals surface area contributed by atoms with Gasteiger partial charge in [-0.05, 0) is 30.5 Å². The Kier molecular flexibility index (Phi) is 5.51. The lowest BCUT2D eigenvalue weighted by atomic mass is 10.1. The number of carbonyl (C=O) groups excluding carboxylic acids is 2. The van der Waals surface area contributed by atoms with Crippen molar-refractivity contribution in [1.29, 1.82) is 0 Å². The molecule has 0 unspecified atom stereocenters. The zero-order chi connectivity index (χ0) is 21.3. The highest BCUT2D eigenvalue weighted by Crippen LogP contribution is 2.37. The highest BCUT2D eigenvalue weighted by Gasteiger charge is 2.37. The van der Waals surface area contributed by atoms with Crippen molar-refractivity contribution in [1.82, 2.24) is 10.0 Å². The molecule has 2 amide bonds. The Hall–Kier alpha value is -3.08. The normalized spacial score (nSPS) is 15.6. The number of anilines is 1. The summed E-state index contributed by atoms with van der Waals surface area (Å²) < 4.78 is 45.8. The molecule has 0 radical (unpaired) electrons. The van der Waals surface area contributed by atoms with Crippen molar-refractivity contribution in [3.05, 3.63) is 35.8 Å². The first-order valence-electron chi connectivity index (χ1n) is 8.81. The summed E-state index contributed by atoms with van der Waals surface area (Å²) in [6, 6.07) is 3.43. The predicted molar refractivity (Wildman–Crippen MR) is 102 cm³/mol. The average molecular weight is 425 g/mol. The molecule has 3 rings (SSSR count). The van der Waals surface area contributed by atoms with E-state index in [9.17, 15) is 27.5 Å². The van der Waals surface area contributed by atoms with Gasteiger partial charge >= 0.3 is 10.2 Å². The number of carbonyl (C=O) groups is 2. The Labute approximate surface area is 166 Å². The zero-order valence-corrected chi connectivity index (χ0v) is 16.5. The van der Waals surface area contributed by atoms with E-state index in [0.717, 1.165) is 18.6 Å². The molecule has 2 aromatic rings. The van der Waals surface area contributed by atoms with Crippen LogP contribution in [-0.4, -0.2) is 38.4 Å². The number of hydrogen-bond acceptors (Lipinski definition) is 6. The predicted octanol–water partition coefficient (Wildman–Crippen LogP) is 1.75. The number of benzene rings is 1. The van der Waals surface area contributed by atoms with Crippen LogP contribution >= 0.6 is 0 Å². The Bertz CT molecular complexity index is 1040. The first kappa shape index (κ1) is 20.6. The van der Waals surface area contributed by atoms with Crippen molar-refractivity contribution in [2.24, 2.45) is 5.92 Å². The summed E-state index contributed by atoms with van der Waals surface area (Å²) >= 11 is 0. The molecule has 1 aromatic carbocycles. The van der Waals surface area contributed by atoms with Gasteiger partial charge in [0.25, 0.3) is 11.8 Å². The number of halogens is 1. The minimum atomic E-state index is -4.28. The summed E-state index contributed by atoms with van der Waals surface area (Å²) in [5.41, 5.74) is -0.323. The Morgan fingerprint density at radius 3 is 2.69 bits per heavy atom. The third-order valence-corrected chi connectivity index (χ3v) is 5.64. The van der Waals surface area contributed by atoms with Crippen molar-refractivity contribution in [2.45, 2.75) is 20.3 Å². The number of furan rings is 1. The van der Waals surface area contributed by atoms with Gasteiger partial charge in [-0.25, -0.2) is 13.4 Å². The lowest BCUT2D eigenvalue weighted by Gasteiger charge is -2.17. The van der Waals surface area contributed by atoms with Crippen LogP contribution in [0.3, 0.4) is 0 Å². The van der Waals surface area contributed by atoms with Gasteiger partial charge in [-0.2, -0.15) is 8.42 Å². The van der Waals surface area contributed by atoms with Crippen molar-refractivity contribution in [2.75, 3.05) is 17.4 Å². The minimum absolute atomic E-state index is 0.0980. The maximum atomic E-state index is 14.6. The fourth-order valence-corrected chi connectivity index (χ4v) is 3.97. The van der Waals surface area contributed by atoms with Crippen molar-refractivity contribution < 1.29 is 31.9 Å². The summed E-state index contributed by atoms with van der Waals surface area (Å²) in [6.45, 7) is 3.92. The van der Waals surface area contributed by atoms with Crippen LogP contribution in [0.15, 0.2) is 28.9 Å². The monoisotopic (exact) mass is 425 g/mol. The van der Waals surface area contributed by atoms with Gasteiger partial charge in [0.2, 0.25) is 0 Å². The summed E-state index contributed by atoms with van der Waals surface area (Å²) in [7, 11) is -4.28. The minimum Gasteiger partial charge on any atom is -0.506 e. The Morgan fingerprint density at radius 2 is 2.10 bits per heavy atom. The molecule has 11 heteroatoms. The largest absolute Gasteiger partial charge is 0.506 e. The number of phenolic OH excluding ortho intramolecular Hbond substituents is 1. The standard InChI is InChI=1S/C18H20FN3O6S/c1-10(2)3-4-20-18(25)12-7-15(28-9-12)11-5-13(19)17(14(23)6-11)22-8-16(24)21-29(22,26)27/h5-7,9-10,23H,3-4,8H2,1-2H3,(H,20,25)(H,21,24). The molecule has 156 valence electrons. The fourth-order valence-electron chi connectivity index (χ4n) is 2.80. The van der Waals surface area contributed by atoms with E-state index in [2.05, 4.69) is 5.32 Å². The quantitative estimate of drug-likeness (QED) is 0.647. The molecular weight excluding hydrogens is 405 g/mol. The number of nitrogens with zero attached hydrogens (tertiary/aromatic N) is 1. The van der Waals surface area contributed by atoms with Crippen LogP contribution in [0, 0.1) is 11.7 Å². The lowest BCUT2D eigenvalue weighted by molar-refractivity contribution is -0.117. The summed E-state index contributed by atoms with van der Waals surface area (Å²) in [5, 5.41) is 12.9. The molecule has 2 heterocycles. The highest BCUT2D eigenvalue weighted by atomic mass is 32.2. The van der Waals surface area contributed by atoms with E-state index in [1.165, 1.54) is 12.3 Å². The maximum Gasteiger partial charge on any atom is 0.326 e. The van der Waals surface area contributed by atoms with Crippen LogP contribution in [0.1, 0.15) is 30.6 Å². The Balaban J connectivity index is 1.84. The SMILES string of the molecule is CC(C)CCNC(=O)c1coc(-c2cc(O)c(N3CC(=O)NS3(=O)=O)c(F)c2)c1. The molecule has 0 aliphatic carbocycles. The first-order chi connectivity index (χ1) is 13.6. The van der Waals surface area contributed by atoms with Crippen LogP contribution < -0.4 is 14.3 Å². The number of amides is 2. The number of rotatable bonds is 6. The molecule has 29 heavy (non-hydrogen) atoms. The molecule has 0 bridgehead atoms. The van der Waals surface area contributed by atoms with Crippen molar-refractivity contribution in [3.8, 4) is 17.1 Å². The fraction of sp³-hybridized carbons (Fsp3) is 0.333. The topological polar surface area (TPSA) is 129 Å². The lowest BCUT2D eigenvalue weighted by Crippen LogP contribution is -2.30. The number of hydrogen-bond donors (Lipinski definition) is 3. The van der Waals surface area contributed by atoms with E-state index in [0.29, 0.717) is 16.8 Å². The molecule has 1 saturated heterocycles. The summed E-state index contributed by atoms with van der Waals surface area (Å²) in [6.07, 6.45) is 2.02. The number of aromatic hydroxyl groups is 1. The molecular formula is C18H20FN3O6S. The molecule has 0 spiro atoms. The molecule has 9 nitrogen and oxygen atoms in total. The van der Waals surface area contributed by atoms with Crippen molar-refractivity contribution in [3.63, 3.8) is 0 Å². The van der Waals surface area contributed by atoms with Gasteiger partial charge in [0.05, 0.1) is 5.56 Å². The summed E-state index contributed by atoms with van der Waals surface area (Å²) in [5.74, 6) is -2.41. The average Bonchev–Trinajstić information content (AvgIpc) is 3.18. The smallest absolute Gasteiger partial charge is 0.326 e. The molecule has 1 aliphatic rings. The second-order valence-electron chi connectivity index (χ2n) is 7.00. The van der Waals surface area contributed by atoms with Crippen LogP contribution in [0.25, 0.3) is 11.3 Å². The van der Waals surface area contributed by atoms with Crippen LogP contribution in [0.4, 0.5) is 10.1 Å². The molecule has 1 aromatic heterocycles. The molecule has 0 atom stereocenters.